The lowest BCUT2D eigenvalue weighted by Crippen LogP contribution is -2.35. The van der Waals surface area contributed by atoms with Crippen LogP contribution in [-0.4, -0.2) is 52.7 Å². The van der Waals surface area contributed by atoms with Crippen LogP contribution in [0.1, 0.15) is 0 Å². The van der Waals surface area contributed by atoms with Gasteiger partial charge in [-0.05, 0) is 0 Å². The van der Waals surface area contributed by atoms with Crippen LogP contribution in [0, 0.1) is 0 Å². The summed E-state index contributed by atoms with van der Waals surface area (Å²) in [6.45, 7) is 12.0. The highest BCUT2D eigenvalue weighted by molar-refractivity contribution is 5.03. The van der Waals surface area contributed by atoms with E-state index in [0.29, 0.717) is 0 Å². The molecule has 0 fully saturated rings. The molecule has 0 aromatic carbocycles. The Labute approximate surface area is 127 Å². The molecular weight excluding hydrogens is 260 g/mol. The average molecular weight is 284 g/mol. The van der Waals surface area contributed by atoms with Gasteiger partial charge in [-0.25, -0.2) is 0 Å². The second-order valence-corrected chi connectivity index (χ2v) is 5.07. The van der Waals surface area contributed by atoms with Gasteiger partial charge >= 0.3 is 0 Å². The summed E-state index contributed by atoms with van der Waals surface area (Å²) in [6.07, 6.45) is 20.4. The van der Waals surface area contributed by atoms with Crippen molar-refractivity contribution in [1.29, 1.82) is 0 Å². The summed E-state index contributed by atoms with van der Waals surface area (Å²) in [6, 6.07) is 0. The molecule has 0 atom stereocenters. The molecule has 0 amide bonds. The number of rotatable bonds is 8. The van der Waals surface area contributed by atoms with Crippen LogP contribution >= 0.6 is 0 Å². The fraction of sp³-hybridized carbons (Fsp3) is 0.294. The van der Waals surface area contributed by atoms with Crippen LogP contribution in [0.5, 0.6) is 0 Å². The highest BCUT2D eigenvalue weighted by Gasteiger charge is 2.16. The Morgan fingerprint density at radius 2 is 1.14 bits per heavy atom. The van der Waals surface area contributed by atoms with Gasteiger partial charge < -0.3 is 19.6 Å². The summed E-state index contributed by atoms with van der Waals surface area (Å²) in [5.74, 6) is 0. The van der Waals surface area contributed by atoms with Gasteiger partial charge in [0.2, 0.25) is 0 Å². The van der Waals surface area contributed by atoms with Gasteiger partial charge in [0, 0.05) is 37.9 Å². The summed E-state index contributed by atoms with van der Waals surface area (Å²) in [7, 11) is 0. The Hall–Kier alpha value is -2.36. The zero-order valence-electron chi connectivity index (χ0n) is 12.5. The number of hydrogen-bond donors (Lipinski definition) is 0. The van der Waals surface area contributed by atoms with Crippen molar-refractivity contribution < 1.29 is 0 Å². The van der Waals surface area contributed by atoms with Crippen LogP contribution in [0.15, 0.2) is 74.4 Å². The quantitative estimate of drug-likeness (QED) is 0.635. The zero-order valence-corrected chi connectivity index (χ0v) is 12.5. The van der Waals surface area contributed by atoms with E-state index in [4.69, 9.17) is 0 Å². The molecule has 0 aliphatic carbocycles. The predicted octanol–water partition coefficient (Wildman–Crippen LogP) is 2.52. The van der Waals surface area contributed by atoms with Crippen molar-refractivity contribution in [3.63, 3.8) is 0 Å². The van der Waals surface area contributed by atoms with E-state index in [1.54, 1.807) is 0 Å². The van der Waals surface area contributed by atoms with E-state index in [0.717, 1.165) is 33.1 Å². The first-order valence-corrected chi connectivity index (χ1v) is 7.20. The summed E-state index contributed by atoms with van der Waals surface area (Å²) < 4.78 is 0. The van der Waals surface area contributed by atoms with Crippen LogP contribution in [0.3, 0.4) is 0 Å². The summed E-state index contributed by atoms with van der Waals surface area (Å²) >= 11 is 0. The van der Waals surface area contributed by atoms with Crippen molar-refractivity contribution in [2.75, 3.05) is 33.1 Å². The van der Waals surface area contributed by atoms with Gasteiger partial charge in [-0.15, -0.1) is 0 Å². The van der Waals surface area contributed by atoms with Crippen molar-refractivity contribution >= 4 is 0 Å². The number of nitrogens with zero attached hydrogens (tertiary/aromatic N) is 4. The summed E-state index contributed by atoms with van der Waals surface area (Å²) in [4.78, 5) is 9.14. The van der Waals surface area contributed by atoms with Gasteiger partial charge in [0.15, 0.2) is 0 Å². The maximum Gasteiger partial charge on any atom is 0.0927 e. The zero-order chi connectivity index (χ0) is 14.9. The van der Waals surface area contributed by atoms with Crippen molar-refractivity contribution in [3.8, 4) is 0 Å². The topological polar surface area (TPSA) is 13.0 Å². The number of hydrogen-bond acceptors (Lipinski definition) is 4. The first-order valence-electron chi connectivity index (χ1n) is 7.20. The SMILES string of the molecule is C=C/C=C/CN1C=CN(CN2C=CN(C/C=C/C=C)C2)C1. The minimum Gasteiger partial charge on any atom is -0.355 e. The minimum absolute atomic E-state index is 0.913. The summed E-state index contributed by atoms with van der Waals surface area (Å²) in [5, 5.41) is 0. The molecule has 0 unspecified atom stereocenters. The Morgan fingerprint density at radius 3 is 1.57 bits per heavy atom. The van der Waals surface area contributed by atoms with Gasteiger partial charge in [0.1, 0.15) is 0 Å². The van der Waals surface area contributed by atoms with Gasteiger partial charge in [0.05, 0.1) is 20.0 Å². The highest BCUT2D eigenvalue weighted by atomic mass is 15.4. The molecule has 0 saturated heterocycles. The van der Waals surface area contributed by atoms with Crippen LogP contribution in [-0.2, 0) is 0 Å². The second kappa shape index (κ2) is 8.04. The molecule has 0 saturated carbocycles. The highest BCUT2D eigenvalue weighted by Crippen LogP contribution is 2.11. The Balaban J connectivity index is 1.68. The van der Waals surface area contributed by atoms with Crippen molar-refractivity contribution in [1.82, 2.24) is 19.6 Å². The van der Waals surface area contributed by atoms with Gasteiger partial charge in [0.25, 0.3) is 0 Å². The van der Waals surface area contributed by atoms with Gasteiger partial charge in [-0.1, -0.05) is 49.6 Å². The molecule has 2 heterocycles. The van der Waals surface area contributed by atoms with Gasteiger partial charge in [-0.3, -0.25) is 0 Å². The molecule has 0 aromatic rings. The van der Waals surface area contributed by atoms with Crippen LogP contribution < -0.4 is 0 Å². The molecule has 4 nitrogen and oxygen atoms in total. The largest absolute Gasteiger partial charge is 0.355 e. The van der Waals surface area contributed by atoms with Crippen molar-refractivity contribution in [2.45, 2.75) is 0 Å². The Kier molecular flexibility index (Phi) is 5.76. The molecule has 2 aliphatic rings. The molecule has 21 heavy (non-hydrogen) atoms. The molecule has 2 rings (SSSR count). The van der Waals surface area contributed by atoms with E-state index in [9.17, 15) is 0 Å². The molecule has 0 spiro atoms. The van der Waals surface area contributed by atoms with E-state index in [1.165, 1.54) is 0 Å². The monoisotopic (exact) mass is 284 g/mol. The van der Waals surface area contributed by atoms with Crippen molar-refractivity contribution in [3.05, 3.63) is 74.4 Å². The average Bonchev–Trinajstić information content (AvgIpc) is 3.10. The Bertz CT molecular complexity index is 419. The molecule has 0 bridgehead atoms. The van der Waals surface area contributed by atoms with E-state index in [1.807, 2.05) is 24.3 Å². The smallest absolute Gasteiger partial charge is 0.0927 e. The molecule has 0 N–H and O–H groups in total. The molecule has 4 heteroatoms. The van der Waals surface area contributed by atoms with Gasteiger partial charge in [-0.2, -0.15) is 0 Å². The van der Waals surface area contributed by atoms with Crippen molar-refractivity contribution in [2.24, 2.45) is 0 Å². The lowest BCUT2D eigenvalue weighted by molar-refractivity contribution is 0.171. The third kappa shape index (κ3) is 4.91. The number of allylic oxidation sites excluding steroid dienone is 4. The fourth-order valence-electron chi connectivity index (χ4n) is 2.27. The lowest BCUT2D eigenvalue weighted by atomic mass is 10.4. The maximum absolute atomic E-state index is 3.68. The fourth-order valence-corrected chi connectivity index (χ4v) is 2.27. The third-order valence-electron chi connectivity index (χ3n) is 3.29. The van der Waals surface area contributed by atoms with Crippen LogP contribution in [0.25, 0.3) is 0 Å². The van der Waals surface area contributed by atoms with E-state index in [-0.39, 0.29) is 0 Å². The molecule has 112 valence electrons. The third-order valence-corrected chi connectivity index (χ3v) is 3.29. The molecule has 2 aliphatic heterocycles. The molecular formula is C17H24N4. The first-order chi connectivity index (χ1) is 10.3. The standard InChI is InChI=1S/C17H24N4/c1-3-5-7-9-18-11-13-20(15-18)17-21-14-12-19(16-21)10-8-6-4-2/h3-8,11-14H,1-2,9-10,15-17H2/b7-5+,8-6+. The summed E-state index contributed by atoms with van der Waals surface area (Å²) in [5.41, 5.74) is 0. The van der Waals surface area contributed by atoms with Crippen LogP contribution in [0.4, 0.5) is 0 Å². The maximum atomic E-state index is 3.68. The predicted molar refractivity (Wildman–Crippen MR) is 88.6 cm³/mol. The minimum atomic E-state index is 0.913. The van der Waals surface area contributed by atoms with E-state index >= 15 is 0 Å². The molecule has 0 radical (unpaired) electrons. The Morgan fingerprint density at radius 1 is 0.714 bits per heavy atom. The van der Waals surface area contributed by atoms with Crippen LogP contribution in [0.2, 0.25) is 0 Å². The van der Waals surface area contributed by atoms with E-state index in [2.05, 4.69) is 69.7 Å². The normalized spacial score (nSPS) is 17.9. The first kappa shape index (κ1) is 15.0. The molecule has 0 aromatic heterocycles. The van der Waals surface area contributed by atoms with E-state index < -0.39 is 0 Å². The second-order valence-electron chi connectivity index (χ2n) is 5.07. The lowest BCUT2D eigenvalue weighted by Gasteiger charge is -2.27.